The van der Waals surface area contributed by atoms with Gasteiger partial charge in [-0.15, -0.1) is 0 Å². The molecule has 2 heterocycles. The maximum absolute atomic E-state index is 12.4. The van der Waals surface area contributed by atoms with Crippen molar-refractivity contribution in [3.05, 3.63) is 48.5 Å². The predicted octanol–water partition coefficient (Wildman–Crippen LogP) is 1.57. The lowest BCUT2D eigenvalue weighted by Gasteiger charge is -2.09. The lowest BCUT2D eigenvalue weighted by Crippen LogP contribution is -2.13. The van der Waals surface area contributed by atoms with E-state index < -0.39 is 0 Å². The molecule has 0 spiro atoms. The number of nitrogens with zero attached hydrogens (tertiary/aromatic N) is 3. The molecule has 0 aliphatic heterocycles. The SMILES string of the molecule is COc1ccc(N)c(NC(=O)c2cnn3ccncc23)c1. The fourth-order valence-corrected chi connectivity index (χ4v) is 1.97. The molecule has 7 nitrogen and oxygen atoms in total. The van der Waals surface area contributed by atoms with Crippen molar-refractivity contribution in [2.45, 2.75) is 0 Å². The number of hydrogen-bond acceptors (Lipinski definition) is 5. The fourth-order valence-electron chi connectivity index (χ4n) is 1.97. The van der Waals surface area contributed by atoms with E-state index in [-0.39, 0.29) is 5.91 Å². The zero-order valence-corrected chi connectivity index (χ0v) is 11.3. The summed E-state index contributed by atoms with van der Waals surface area (Å²) in [6.45, 7) is 0. The number of nitrogen functional groups attached to an aromatic ring is 1. The molecule has 3 N–H and O–H groups in total. The van der Waals surface area contributed by atoms with E-state index in [1.54, 1.807) is 48.4 Å². The van der Waals surface area contributed by atoms with Gasteiger partial charge in [0.05, 0.1) is 42.0 Å². The third kappa shape index (κ3) is 2.36. The van der Waals surface area contributed by atoms with Gasteiger partial charge in [-0.2, -0.15) is 5.10 Å². The number of ether oxygens (including phenoxy) is 1. The monoisotopic (exact) mass is 283 g/mol. The summed E-state index contributed by atoms with van der Waals surface area (Å²) in [7, 11) is 1.55. The van der Waals surface area contributed by atoms with E-state index in [1.807, 2.05) is 0 Å². The minimum atomic E-state index is -0.307. The van der Waals surface area contributed by atoms with Crippen LogP contribution in [0.5, 0.6) is 5.75 Å². The van der Waals surface area contributed by atoms with Crippen LogP contribution < -0.4 is 15.8 Å². The largest absolute Gasteiger partial charge is 0.497 e. The number of aromatic nitrogens is 3. The van der Waals surface area contributed by atoms with Gasteiger partial charge in [0.1, 0.15) is 5.75 Å². The van der Waals surface area contributed by atoms with Crippen LogP contribution in [0.2, 0.25) is 0 Å². The molecule has 0 fully saturated rings. The number of anilines is 2. The van der Waals surface area contributed by atoms with Gasteiger partial charge in [-0.3, -0.25) is 9.78 Å². The molecule has 0 atom stereocenters. The molecule has 0 saturated carbocycles. The molecule has 0 bridgehead atoms. The molecule has 21 heavy (non-hydrogen) atoms. The molecule has 3 aromatic rings. The molecule has 0 aliphatic carbocycles. The van der Waals surface area contributed by atoms with E-state index in [0.717, 1.165) is 0 Å². The topological polar surface area (TPSA) is 94.5 Å². The minimum absolute atomic E-state index is 0.307. The fraction of sp³-hybridized carbons (Fsp3) is 0.0714. The Bertz CT molecular complexity index is 812. The van der Waals surface area contributed by atoms with Crippen LogP contribution in [-0.4, -0.2) is 27.6 Å². The summed E-state index contributed by atoms with van der Waals surface area (Å²) in [5, 5.41) is 6.85. The number of rotatable bonds is 3. The highest BCUT2D eigenvalue weighted by Crippen LogP contribution is 2.25. The molecule has 106 valence electrons. The average molecular weight is 283 g/mol. The minimum Gasteiger partial charge on any atom is -0.497 e. The Morgan fingerprint density at radius 1 is 1.38 bits per heavy atom. The van der Waals surface area contributed by atoms with Gasteiger partial charge in [0, 0.05) is 18.5 Å². The summed E-state index contributed by atoms with van der Waals surface area (Å²) in [5.41, 5.74) is 7.84. The van der Waals surface area contributed by atoms with Crippen LogP contribution in [-0.2, 0) is 0 Å². The molecule has 1 amide bonds. The van der Waals surface area contributed by atoms with Gasteiger partial charge in [0.25, 0.3) is 5.91 Å². The molecule has 3 rings (SSSR count). The summed E-state index contributed by atoms with van der Waals surface area (Å²) in [6, 6.07) is 5.06. The highest BCUT2D eigenvalue weighted by molar-refractivity contribution is 6.09. The van der Waals surface area contributed by atoms with Crippen LogP contribution in [0.15, 0.2) is 43.0 Å². The second kappa shape index (κ2) is 5.12. The van der Waals surface area contributed by atoms with Crippen molar-refractivity contribution >= 4 is 22.8 Å². The number of carbonyl (C=O) groups excluding carboxylic acids is 1. The molecule has 1 aromatic carbocycles. The molecule has 0 radical (unpaired) electrons. The lowest BCUT2D eigenvalue weighted by molar-refractivity contribution is 0.102. The predicted molar refractivity (Wildman–Crippen MR) is 78.3 cm³/mol. The van der Waals surface area contributed by atoms with Gasteiger partial charge in [-0.1, -0.05) is 0 Å². The highest BCUT2D eigenvalue weighted by Gasteiger charge is 2.14. The van der Waals surface area contributed by atoms with E-state index in [2.05, 4.69) is 15.4 Å². The number of fused-ring (bicyclic) bond motifs is 1. The van der Waals surface area contributed by atoms with Crippen molar-refractivity contribution in [1.82, 2.24) is 14.6 Å². The number of benzene rings is 1. The molecule has 0 aliphatic rings. The van der Waals surface area contributed by atoms with Crippen LogP contribution in [0.1, 0.15) is 10.4 Å². The first-order valence-electron chi connectivity index (χ1n) is 6.21. The van der Waals surface area contributed by atoms with Crippen LogP contribution in [0, 0.1) is 0 Å². The van der Waals surface area contributed by atoms with Crippen molar-refractivity contribution in [3.63, 3.8) is 0 Å². The number of nitrogens with two attached hydrogens (primary N) is 1. The Hall–Kier alpha value is -3.09. The Labute approximate surface area is 120 Å². The zero-order chi connectivity index (χ0) is 14.8. The van der Waals surface area contributed by atoms with Crippen molar-refractivity contribution in [2.75, 3.05) is 18.2 Å². The van der Waals surface area contributed by atoms with Crippen molar-refractivity contribution < 1.29 is 9.53 Å². The second-order valence-corrected chi connectivity index (χ2v) is 4.37. The number of amides is 1. The second-order valence-electron chi connectivity index (χ2n) is 4.37. The lowest BCUT2D eigenvalue weighted by atomic mass is 10.2. The Kier molecular flexibility index (Phi) is 3.15. The third-order valence-corrected chi connectivity index (χ3v) is 3.08. The standard InChI is InChI=1S/C14H13N5O2/c1-21-9-2-3-11(15)12(6-9)18-14(20)10-7-17-19-5-4-16-8-13(10)19/h2-8H,15H2,1H3,(H,18,20). The number of methoxy groups -OCH3 is 1. The maximum atomic E-state index is 12.4. The zero-order valence-electron chi connectivity index (χ0n) is 11.3. The van der Waals surface area contributed by atoms with E-state index >= 15 is 0 Å². The molecular weight excluding hydrogens is 270 g/mol. The smallest absolute Gasteiger partial charge is 0.259 e. The molecule has 0 saturated heterocycles. The maximum Gasteiger partial charge on any atom is 0.259 e. The number of nitrogens with one attached hydrogen (secondary N) is 1. The first-order chi connectivity index (χ1) is 10.2. The first-order valence-corrected chi connectivity index (χ1v) is 6.21. The van der Waals surface area contributed by atoms with Crippen molar-refractivity contribution in [1.29, 1.82) is 0 Å². The summed E-state index contributed by atoms with van der Waals surface area (Å²) >= 11 is 0. The van der Waals surface area contributed by atoms with Gasteiger partial charge < -0.3 is 15.8 Å². The van der Waals surface area contributed by atoms with Gasteiger partial charge in [-0.05, 0) is 12.1 Å². The van der Waals surface area contributed by atoms with Crippen molar-refractivity contribution in [2.24, 2.45) is 0 Å². The quantitative estimate of drug-likeness (QED) is 0.711. The molecule has 0 unspecified atom stereocenters. The van der Waals surface area contributed by atoms with E-state index in [0.29, 0.717) is 28.2 Å². The average Bonchev–Trinajstić information content (AvgIpc) is 2.93. The van der Waals surface area contributed by atoms with Gasteiger partial charge >= 0.3 is 0 Å². The normalized spacial score (nSPS) is 10.5. The Morgan fingerprint density at radius 3 is 3.05 bits per heavy atom. The summed E-state index contributed by atoms with van der Waals surface area (Å²) in [5.74, 6) is 0.305. The van der Waals surface area contributed by atoms with Crippen LogP contribution in [0.4, 0.5) is 11.4 Å². The molecule has 7 heteroatoms. The summed E-state index contributed by atoms with van der Waals surface area (Å²) < 4.78 is 6.70. The summed E-state index contributed by atoms with van der Waals surface area (Å²) in [6.07, 6.45) is 6.34. The first kappa shape index (κ1) is 12.9. The number of hydrogen-bond donors (Lipinski definition) is 2. The van der Waals surface area contributed by atoms with E-state index in [4.69, 9.17) is 10.5 Å². The van der Waals surface area contributed by atoms with E-state index in [9.17, 15) is 4.79 Å². The Morgan fingerprint density at radius 2 is 2.24 bits per heavy atom. The number of carbonyl (C=O) groups is 1. The van der Waals surface area contributed by atoms with Gasteiger partial charge in [-0.25, -0.2) is 4.52 Å². The van der Waals surface area contributed by atoms with Gasteiger partial charge in [0.15, 0.2) is 0 Å². The van der Waals surface area contributed by atoms with Crippen molar-refractivity contribution in [3.8, 4) is 5.75 Å². The third-order valence-electron chi connectivity index (χ3n) is 3.08. The summed E-state index contributed by atoms with van der Waals surface area (Å²) in [4.78, 5) is 16.3. The van der Waals surface area contributed by atoms with E-state index in [1.165, 1.54) is 6.20 Å². The van der Waals surface area contributed by atoms with Crippen LogP contribution in [0.3, 0.4) is 0 Å². The van der Waals surface area contributed by atoms with Crippen LogP contribution >= 0.6 is 0 Å². The highest BCUT2D eigenvalue weighted by atomic mass is 16.5. The van der Waals surface area contributed by atoms with Crippen LogP contribution in [0.25, 0.3) is 5.52 Å². The Balaban J connectivity index is 1.93. The van der Waals surface area contributed by atoms with Gasteiger partial charge in [0.2, 0.25) is 0 Å². The molecular formula is C14H13N5O2. The molecule has 2 aromatic heterocycles.